The molecule has 6 nitrogen and oxygen atoms in total. The summed E-state index contributed by atoms with van der Waals surface area (Å²) in [5, 5.41) is 0. The predicted octanol–water partition coefficient (Wildman–Crippen LogP) is 3.70. The van der Waals surface area contributed by atoms with E-state index in [9.17, 15) is 18.0 Å². The van der Waals surface area contributed by atoms with E-state index in [1.807, 2.05) is 0 Å². The van der Waals surface area contributed by atoms with E-state index >= 15 is 4.39 Å². The molecular weight excluding hydrogens is 426 g/mol. The van der Waals surface area contributed by atoms with Crippen LogP contribution in [0.5, 0.6) is 0 Å². The molecule has 3 aromatic rings. The number of benzene rings is 1. The van der Waals surface area contributed by atoms with Gasteiger partial charge in [0.25, 0.3) is 12.3 Å². The van der Waals surface area contributed by atoms with Gasteiger partial charge in [-0.3, -0.25) is 19.7 Å². The number of aryl methyl sites for hydroxylation is 1. The number of amides is 1. The average Bonchev–Trinajstić information content (AvgIpc) is 2.99. The lowest BCUT2D eigenvalue weighted by atomic mass is 9.81. The maximum Gasteiger partial charge on any atom is 0.266 e. The Morgan fingerprint density at radius 3 is 2.47 bits per heavy atom. The summed E-state index contributed by atoms with van der Waals surface area (Å²) in [5.74, 6) is -3.01. The number of hydrogen-bond donors (Lipinski definition) is 1. The monoisotopic (exact) mass is 443 g/mol. The molecule has 0 bridgehead atoms. The van der Waals surface area contributed by atoms with Crippen LogP contribution in [0, 0.1) is 18.6 Å². The van der Waals surface area contributed by atoms with E-state index in [2.05, 4.69) is 15.0 Å². The van der Waals surface area contributed by atoms with Gasteiger partial charge in [-0.15, -0.1) is 0 Å². The lowest BCUT2D eigenvalue weighted by Crippen LogP contribution is -2.41. The van der Waals surface area contributed by atoms with Crippen molar-refractivity contribution in [2.24, 2.45) is 10.7 Å². The average molecular weight is 443 g/mol. The van der Waals surface area contributed by atoms with Crippen molar-refractivity contribution >= 4 is 11.9 Å². The first-order valence-corrected chi connectivity index (χ1v) is 9.45. The molecule has 0 radical (unpaired) electrons. The number of carbonyl (C=O) groups is 1. The fraction of sp³-hybridized carbons (Fsp3) is 0.182. The summed E-state index contributed by atoms with van der Waals surface area (Å²) in [6.07, 6.45) is 0.702. The molecule has 1 atom stereocenters. The molecule has 1 aliphatic rings. The maximum absolute atomic E-state index is 15.2. The Bertz CT molecular complexity index is 1260. The molecule has 1 unspecified atom stereocenters. The van der Waals surface area contributed by atoms with E-state index in [1.165, 1.54) is 13.2 Å². The van der Waals surface area contributed by atoms with Crippen molar-refractivity contribution in [1.82, 2.24) is 14.9 Å². The zero-order valence-corrected chi connectivity index (χ0v) is 17.0. The third-order valence-electron chi connectivity index (χ3n) is 5.41. The Morgan fingerprint density at radius 1 is 1.09 bits per heavy atom. The van der Waals surface area contributed by atoms with E-state index in [0.29, 0.717) is 17.3 Å². The number of hydrogen-bond acceptors (Lipinski definition) is 5. The van der Waals surface area contributed by atoms with Crippen molar-refractivity contribution in [2.45, 2.75) is 18.9 Å². The van der Waals surface area contributed by atoms with Gasteiger partial charge in [-0.25, -0.2) is 22.6 Å². The Kier molecular flexibility index (Phi) is 5.15. The number of aliphatic imine (C=N–C) groups is 1. The highest BCUT2D eigenvalue weighted by atomic mass is 19.3. The number of pyridine rings is 2. The van der Waals surface area contributed by atoms with Crippen LogP contribution in [0.2, 0.25) is 0 Å². The van der Waals surface area contributed by atoms with Crippen LogP contribution >= 0.6 is 0 Å². The molecule has 3 heterocycles. The molecule has 2 aromatic heterocycles. The predicted molar refractivity (Wildman–Crippen MR) is 109 cm³/mol. The van der Waals surface area contributed by atoms with Crippen molar-refractivity contribution in [2.75, 3.05) is 7.05 Å². The first kappa shape index (κ1) is 21.4. The summed E-state index contributed by atoms with van der Waals surface area (Å²) >= 11 is 0. The minimum absolute atomic E-state index is 0.0273. The second kappa shape index (κ2) is 7.70. The highest BCUT2D eigenvalue weighted by Crippen LogP contribution is 2.43. The molecule has 10 heteroatoms. The molecule has 1 aromatic carbocycles. The summed E-state index contributed by atoms with van der Waals surface area (Å²) in [5.41, 5.74) is 3.57. The van der Waals surface area contributed by atoms with E-state index in [0.717, 1.165) is 29.4 Å². The SMILES string of the molecule is Cc1ncccc1-c1cc(C2(c3cncc(C(F)F)c3)N=C(N)N(C)C2=O)c(F)cc1F. The van der Waals surface area contributed by atoms with Crippen molar-refractivity contribution in [3.63, 3.8) is 0 Å². The highest BCUT2D eigenvalue weighted by Gasteiger charge is 2.51. The van der Waals surface area contributed by atoms with E-state index in [4.69, 9.17) is 5.73 Å². The topological polar surface area (TPSA) is 84.5 Å². The Balaban J connectivity index is 2.05. The Hall–Kier alpha value is -3.82. The van der Waals surface area contributed by atoms with Gasteiger partial charge in [0, 0.05) is 65.2 Å². The summed E-state index contributed by atoms with van der Waals surface area (Å²) < 4.78 is 56.7. The number of aromatic nitrogens is 2. The summed E-state index contributed by atoms with van der Waals surface area (Å²) in [4.78, 5) is 26.4. The van der Waals surface area contributed by atoms with Crippen LogP contribution in [0.3, 0.4) is 0 Å². The van der Waals surface area contributed by atoms with Crippen LogP contribution in [0.25, 0.3) is 11.1 Å². The smallest absolute Gasteiger partial charge is 0.266 e. The van der Waals surface area contributed by atoms with Crippen LogP contribution in [0.4, 0.5) is 17.6 Å². The molecule has 4 rings (SSSR count). The van der Waals surface area contributed by atoms with Gasteiger partial charge in [-0.05, 0) is 25.1 Å². The fourth-order valence-corrected chi connectivity index (χ4v) is 3.74. The minimum atomic E-state index is -2.89. The van der Waals surface area contributed by atoms with Gasteiger partial charge < -0.3 is 5.73 Å². The minimum Gasteiger partial charge on any atom is -0.369 e. The summed E-state index contributed by atoms with van der Waals surface area (Å²) in [6, 6.07) is 5.96. The number of carbonyl (C=O) groups excluding carboxylic acids is 1. The maximum atomic E-state index is 15.2. The number of rotatable bonds is 4. The van der Waals surface area contributed by atoms with Crippen LogP contribution < -0.4 is 5.73 Å². The van der Waals surface area contributed by atoms with Gasteiger partial charge in [0.15, 0.2) is 11.5 Å². The van der Waals surface area contributed by atoms with Gasteiger partial charge in [0.1, 0.15) is 11.6 Å². The van der Waals surface area contributed by atoms with Crippen molar-refractivity contribution in [3.05, 3.63) is 82.9 Å². The molecule has 2 N–H and O–H groups in total. The third kappa shape index (κ3) is 3.19. The van der Waals surface area contributed by atoms with Crippen molar-refractivity contribution in [1.29, 1.82) is 0 Å². The highest BCUT2D eigenvalue weighted by molar-refractivity contribution is 6.09. The summed E-state index contributed by atoms with van der Waals surface area (Å²) in [7, 11) is 1.32. The number of halogens is 4. The standard InChI is InChI=1S/C22H17F4N5O/c1-11-14(4-3-5-29-11)15-7-16(18(24)8-17(15)23)22(20(32)31(2)21(27)30-22)13-6-12(19(25)26)9-28-10-13/h3-10,19H,1-2H3,(H2,27,30). The largest absolute Gasteiger partial charge is 0.369 e. The van der Waals surface area contributed by atoms with Crippen LogP contribution in [0.1, 0.15) is 28.8 Å². The van der Waals surface area contributed by atoms with Gasteiger partial charge in [-0.2, -0.15) is 0 Å². The number of nitrogens with zero attached hydrogens (tertiary/aromatic N) is 4. The quantitative estimate of drug-likeness (QED) is 0.624. The number of nitrogens with two attached hydrogens (primary N) is 1. The molecule has 32 heavy (non-hydrogen) atoms. The molecule has 0 saturated carbocycles. The molecule has 0 saturated heterocycles. The van der Waals surface area contributed by atoms with Crippen LogP contribution in [-0.2, 0) is 10.3 Å². The molecule has 1 aliphatic heterocycles. The second-order valence-electron chi connectivity index (χ2n) is 7.30. The normalized spacial score (nSPS) is 18.4. The first-order valence-electron chi connectivity index (χ1n) is 9.45. The van der Waals surface area contributed by atoms with Gasteiger partial charge in [-0.1, -0.05) is 6.07 Å². The van der Waals surface area contributed by atoms with E-state index < -0.39 is 35.1 Å². The van der Waals surface area contributed by atoms with Gasteiger partial charge in [0.05, 0.1) is 0 Å². The Labute approximate surface area is 180 Å². The third-order valence-corrected chi connectivity index (χ3v) is 5.41. The number of guanidine groups is 1. The van der Waals surface area contributed by atoms with Crippen LogP contribution in [-0.4, -0.2) is 33.8 Å². The lowest BCUT2D eigenvalue weighted by Gasteiger charge is -2.27. The zero-order chi connectivity index (χ0) is 23.2. The molecular formula is C22H17F4N5O. The Morgan fingerprint density at radius 2 is 1.84 bits per heavy atom. The van der Waals surface area contributed by atoms with Gasteiger partial charge >= 0.3 is 0 Å². The number of likely N-dealkylation sites (N-methyl/N-ethyl adjacent to an activating group) is 1. The zero-order valence-electron chi connectivity index (χ0n) is 17.0. The van der Waals surface area contributed by atoms with Crippen molar-refractivity contribution in [3.8, 4) is 11.1 Å². The fourth-order valence-electron chi connectivity index (χ4n) is 3.74. The summed E-state index contributed by atoms with van der Waals surface area (Å²) in [6.45, 7) is 1.65. The first-order chi connectivity index (χ1) is 15.2. The second-order valence-corrected chi connectivity index (χ2v) is 7.30. The van der Waals surface area contributed by atoms with E-state index in [-0.39, 0.29) is 22.6 Å². The number of alkyl halides is 2. The molecule has 0 fully saturated rings. The van der Waals surface area contributed by atoms with Crippen LogP contribution in [0.15, 0.2) is 53.9 Å². The molecule has 0 spiro atoms. The molecule has 0 aliphatic carbocycles. The van der Waals surface area contributed by atoms with E-state index in [1.54, 1.807) is 19.1 Å². The lowest BCUT2D eigenvalue weighted by molar-refractivity contribution is -0.129. The van der Waals surface area contributed by atoms with Crippen molar-refractivity contribution < 1.29 is 22.4 Å². The molecule has 164 valence electrons. The van der Waals surface area contributed by atoms with Gasteiger partial charge in [0.2, 0.25) is 0 Å². The molecule has 1 amide bonds.